The third-order valence-electron chi connectivity index (χ3n) is 12.5. The van der Waals surface area contributed by atoms with Crippen molar-refractivity contribution in [3.63, 3.8) is 0 Å². The zero-order chi connectivity index (χ0) is 38.5. The highest BCUT2D eigenvalue weighted by Crippen LogP contribution is 2.51. The highest BCUT2D eigenvalue weighted by molar-refractivity contribution is 7.26. The molecular formula is C55H36N2S. The van der Waals surface area contributed by atoms with E-state index in [-0.39, 0.29) is 5.41 Å². The number of nitrogens with zero attached hydrogens (tertiary/aromatic N) is 2. The molecule has 12 rings (SSSR count). The van der Waals surface area contributed by atoms with Gasteiger partial charge in [-0.25, -0.2) is 4.98 Å². The minimum atomic E-state index is -0.0355. The molecule has 0 unspecified atom stereocenters. The van der Waals surface area contributed by atoms with Crippen LogP contribution in [0.5, 0.6) is 0 Å². The number of hydrogen-bond donors (Lipinski definition) is 0. The molecule has 1 aliphatic carbocycles. The van der Waals surface area contributed by atoms with E-state index in [1.807, 2.05) is 17.5 Å². The molecular weight excluding hydrogens is 721 g/mol. The van der Waals surface area contributed by atoms with Crippen molar-refractivity contribution in [3.05, 3.63) is 193 Å². The van der Waals surface area contributed by atoms with Crippen LogP contribution in [0, 0.1) is 0 Å². The van der Waals surface area contributed by atoms with E-state index >= 15 is 0 Å². The Hall–Kier alpha value is -6.94. The summed E-state index contributed by atoms with van der Waals surface area (Å²) in [5.41, 5.74) is 16.7. The largest absolute Gasteiger partial charge is 0.252 e. The fourth-order valence-corrected chi connectivity index (χ4v) is 11.0. The highest BCUT2D eigenvalue weighted by Gasteiger charge is 2.35. The lowest BCUT2D eigenvalue weighted by atomic mass is 9.81. The number of rotatable bonds is 4. The maximum absolute atomic E-state index is 5.25. The van der Waals surface area contributed by atoms with Crippen LogP contribution in [0.25, 0.3) is 109 Å². The van der Waals surface area contributed by atoms with E-state index in [9.17, 15) is 0 Å². The Bertz CT molecular complexity index is 3450. The van der Waals surface area contributed by atoms with Gasteiger partial charge in [0.25, 0.3) is 0 Å². The first kappa shape index (κ1) is 33.2. The number of aromatic nitrogens is 2. The molecule has 9 aromatic carbocycles. The molecule has 2 nitrogen and oxygen atoms in total. The Morgan fingerprint density at radius 1 is 0.379 bits per heavy atom. The molecule has 0 aliphatic heterocycles. The Labute approximate surface area is 340 Å². The van der Waals surface area contributed by atoms with Gasteiger partial charge in [-0.2, -0.15) is 0 Å². The summed E-state index contributed by atoms with van der Waals surface area (Å²) >= 11 is 1.91. The summed E-state index contributed by atoms with van der Waals surface area (Å²) in [6, 6.07) is 64.3. The van der Waals surface area contributed by atoms with Gasteiger partial charge in [0.05, 0.1) is 22.9 Å². The molecule has 0 radical (unpaired) electrons. The number of fused-ring (bicyclic) bond motifs is 12. The topological polar surface area (TPSA) is 25.8 Å². The molecule has 2 aromatic heterocycles. The van der Waals surface area contributed by atoms with Gasteiger partial charge in [-0.1, -0.05) is 178 Å². The van der Waals surface area contributed by atoms with Crippen LogP contribution in [-0.2, 0) is 5.41 Å². The molecule has 2 heterocycles. The van der Waals surface area contributed by atoms with Crippen molar-refractivity contribution in [3.8, 4) is 55.8 Å². The molecule has 3 heteroatoms. The minimum Gasteiger partial charge on any atom is -0.252 e. The summed E-state index contributed by atoms with van der Waals surface area (Å²) in [6.45, 7) is 4.72. The van der Waals surface area contributed by atoms with Gasteiger partial charge < -0.3 is 0 Å². The fraction of sp³-hybridized carbons (Fsp3) is 0.0545. The van der Waals surface area contributed by atoms with Crippen LogP contribution >= 0.6 is 11.3 Å². The lowest BCUT2D eigenvalue weighted by molar-refractivity contribution is 0.660. The van der Waals surface area contributed by atoms with E-state index in [4.69, 9.17) is 9.97 Å². The molecule has 0 atom stereocenters. The Kier molecular flexibility index (Phi) is 7.18. The standard InChI is InChI=1S/C55H36N2S/c1-55(2)48-23-8-7-16-42(48)43-29-28-36(31-49(43)55)39-20-11-22-47-46-21-10-19-38(53(46)58-54(39)47)34-26-24-33(25-27-34)35-12-9-13-37(30-35)50-32-56-51-44-17-5-3-14-40(44)41-15-4-6-18-45(41)52(51)57-50/h3-32H,1-2H3. The molecule has 0 N–H and O–H groups in total. The van der Waals surface area contributed by atoms with E-state index in [2.05, 4.69) is 190 Å². The quantitative estimate of drug-likeness (QED) is 0.167. The van der Waals surface area contributed by atoms with Gasteiger partial charge in [-0.05, 0) is 78.5 Å². The van der Waals surface area contributed by atoms with Crippen LogP contribution in [0.2, 0.25) is 0 Å². The van der Waals surface area contributed by atoms with Crippen molar-refractivity contribution >= 4 is 64.1 Å². The zero-order valence-corrected chi connectivity index (χ0v) is 32.9. The number of thiophene rings is 1. The molecule has 0 saturated heterocycles. The minimum absolute atomic E-state index is 0.0355. The summed E-state index contributed by atoms with van der Waals surface area (Å²) in [6.07, 6.45) is 1.92. The Balaban J connectivity index is 0.903. The monoisotopic (exact) mass is 756 g/mol. The van der Waals surface area contributed by atoms with Gasteiger partial charge in [0.15, 0.2) is 0 Å². The molecule has 272 valence electrons. The van der Waals surface area contributed by atoms with Gasteiger partial charge in [-0.15, -0.1) is 11.3 Å². The third kappa shape index (κ3) is 4.90. The molecule has 0 saturated carbocycles. The van der Waals surface area contributed by atoms with Crippen LogP contribution in [0.1, 0.15) is 25.0 Å². The summed E-state index contributed by atoms with van der Waals surface area (Å²) in [5.74, 6) is 0. The first-order chi connectivity index (χ1) is 28.5. The van der Waals surface area contributed by atoms with Gasteiger partial charge >= 0.3 is 0 Å². The smallest absolute Gasteiger partial charge is 0.0979 e. The average Bonchev–Trinajstić information content (AvgIpc) is 3.78. The molecule has 11 aromatic rings. The van der Waals surface area contributed by atoms with Crippen LogP contribution in [0.4, 0.5) is 0 Å². The van der Waals surface area contributed by atoms with Gasteiger partial charge in [0.1, 0.15) is 0 Å². The second-order valence-electron chi connectivity index (χ2n) is 16.1. The third-order valence-corrected chi connectivity index (χ3v) is 13.8. The second-order valence-corrected chi connectivity index (χ2v) is 17.1. The van der Waals surface area contributed by atoms with Crippen LogP contribution < -0.4 is 0 Å². The molecule has 0 fully saturated rings. The average molecular weight is 757 g/mol. The van der Waals surface area contributed by atoms with Gasteiger partial charge in [0.2, 0.25) is 0 Å². The predicted molar refractivity (Wildman–Crippen MR) is 247 cm³/mol. The van der Waals surface area contributed by atoms with E-state index in [1.165, 1.54) is 81.0 Å². The molecule has 0 amide bonds. The lowest BCUT2D eigenvalue weighted by Gasteiger charge is -2.22. The van der Waals surface area contributed by atoms with E-state index in [0.717, 1.165) is 38.6 Å². The first-order valence-corrected chi connectivity index (χ1v) is 20.8. The lowest BCUT2D eigenvalue weighted by Crippen LogP contribution is -2.14. The van der Waals surface area contributed by atoms with E-state index < -0.39 is 0 Å². The summed E-state index contributed by atoms with van der Waals surface area (Å²) in [4.78, 5) is 10.3. The summed E-state index contributed by atoms with van der Waals surface area (Å²) in [7, 11) is 0. The van der Waals surface area contributed by atoms with E-state index in [0.29, 0.717) is 0 Å². The van der Waals surface area contributed by atoms with Crippen molar-refractivity contribution in [1.29, 1.82) is 0 Å². The molecule has 58 heavy (non-hydrogen) atoms. The van der Waals surface area contributed by atoms with Crippen LogP contribution in [0.15, 0.2) is 182 Å². The van der Waals surface area contributed by atoms with Crippen molar-refractivity contribution < 1.29 is 0 Å². The van der Waals surface area contributed by atoms with Crippen LogP contribution in [-0.4, -0.2) is 9.97 Å². The molecule has 0 bridgehead atoms. The van der Waals surface area contributed by atoms with Gasteiger partial charge in [0, 0.05) is 41.9 Å². The number of hydrogen-bond acceptors (Lipinski definition) is 3. The fourth-order valence-electron chi connectivity index (χ4n) is 9.61. The maximum atomic E-state index is 5.25. The van der Waals surface area contributed by atoms with Gasteiger partial charge in [-0.3, -0.25) is 4.98 Å². The van der Waals surface area contributed by atoms with Crippen molar-refractivity contribution in [2.45, 2.75) is 19.3 Å². The first-order valence-electron chi connectivity index (χ1n) is 20.0. The summed E-state index contributed by atoms with van der Waals surface area (Å²) in [5, 5.41) is 7.28. The highest BCUT2D eigenvalue weighted by atomic mass is 32.1. The SMILES string of the molecule is CC1(C)c2ccccc2-c2ccc(-c3cccc4c3sc3c(-c5ccc(-c6cccc(-c7cnc8c9ccccc9c9ccccc9c8n7)c6)cc5)cccc34)cc21. The predicted octanol–water partition coefficient (Wildman–Crippen LogP) is 15.3. The van der Waals surface area contributed by atoms with Crippen molar-refractivity contribution in [2.75, 3.05) is 0 Å². The normalized spacial score (nSPS) is 13.1. The Morgan fingerprint density at radius 3 is 1.66 bits per heavy atom. The zero-order valence-electron chi connectivity index (χ0n) is 32.1. The maximum Gasteiger partial charge on any atom is 0.0979 e. The summed E-state index contributed by atoms with van der Waals surface area (Å²) < 4.78 is 2.66. The van der Waals surface area contributed by atoms with E-state index in [1.54, 1.807) is 0 Å². The van der Waals surface area contributed by atoms with Crippen LogP contribution in [0.3, 0.4) is 0 Å². The molecule has 1 aliphatic rings. The molecule has 0 spiro atoms. The Morgan fingerprint density at radius 2 is 0.914 bits per heavy atom. The second kappa shape index (κ2) is 12.5. The number of benzene rings is 9. The van der Waals surface area contributed by atoms with Crippen molar-refractivity contribution in [1.82, 2.24) is 9.97 Å². The van der Waals surface area contributed by atoms with Crippen molar-refractivity contribution in [2.24, 2.45) is 0 Å².